The molecule has 2 rings (SSSR count). The average Bonchev–Trinajstić information content (AvgIpc) is 2.25. The zero-order valence-corrected chi connectivity index (χ0v) is 8.54. The first kappa shape index (κ1) is 11.7. The summed E-state index contributed by atoms with van der Waals surface area (Å²) in [6.45, 7) is -0.141. The van der Waals surface area contributed by atoms with Gasteiger partial charge in [0.15, 0.2) is 6.61 Å². The van der Waals surface area contributed by atoms with E-state index in [4.69, 9.17) is 10.5 Å². The molecule has 7 heteroatoms. The number of halogens is 3. The molecule has 0 fully saturated rings. The summed E-state index contributed by atoms with van der Waals surface area (Å²) < 4.78 is 42.2. The molecule has 1 aliphatic heterocycles. The highest BCUT2D eigenvalue weighted by Crippen LogP contribution is 2.35. The molecule has 1 heterocycles. The molecule has 1 aliphatic rings. The van der Waals surface area contributed by atoms with Gasteiger partial charge in [-0.15, -0.1) is 0 Å². The molecule has 0 saturated carbocycles. The molecule has 0 saturated heterocycles. The largest absolute Gasteiger partial charge is 0.482 e. The van der Waals surface area contributed by atoms with E-state index in [-0.39, 0.29) is 17.9 Å². The Balaban J connectivity index is 2.33. The van der Waals surface area contributed by atoms with E-state index < -0.39 is 18.1 Å². The zero-order valence-electron chi connectivity index (χ0n) is 8.54. The number of amides is 1. The second-order valence-electron chi connectivity index (χ2n) is 3.61. The first-order valence-corrected chi connectivity index (χ1v) is 4.77. The number of hydrogen-bond acceptors (Lipinski definition) is 3. The van der Waals surface area contributed by atoms with Gasteiger partial charge < -0.3 is 15.8 Å². The molecular weight excluding hydrogens is 237 g/mol. The fourth-order valence-corrected chi connectivity index (χ4v) is 1.48. The monoisotopic (exact) mass is 246 g/mol. The third-order valence-electron chi connectivity index (χ3n) is 2.35. The van der Waals surface area contributed by atoms with Crippen molar-refractivity contribution in [2.24, 2.45) is 5.73 Å². The Hall–Kier alpha value is -1.76. The first-order valence-electron chi connectivity index (χ1n) is 4.77. The number of ether oxygens (including phenoxy) is 1. The van der Waals surface area contributed by atoms with Crippen LogP contribution in [0.1, 0.15) is 11.6 Å². The van der Waals surface area contributed by atoms with Crippen molar-refractivity contribution in [2.75, 3.05) is 11.9 Å². The number of carbonyl (C=O) groups excluding carboxylic acids is 1. The molecular formula is C10H9F3N2O2. The number of carbonyl (C=O) groups is 1. The highest BCUT2D eigenvalue weighted by Gasteiger charge is 2.38. The van der Waals surface area contributed by atoms with Gasteiger partial charge >= 0.3 is 6.18 Å². The normalized spacial score (nSPS) is 16.8. The van der Waals surface area contributed by atoms with Crippen LogP contribution in [0.15, 0.2) is 18.2 Å². The summed E-state index contributed by atoms with van der Waals surface area (Å²) in [6.07, 6.45) is -4.52. The van der Waals surface area contributed by atoms with Crippen molar-refractivity contribution < 1.29 is 22.7 Å². The van der Waals surface area contributed by atoms with Crippen molar-refractivity contribution in [3.63, 3.8) is 0 Å². The van der Waals surface area contributed by atoms with E-state index in [0.29, 0.717) is 5.75 Å². The molecule has 1 aromatic carbocycles. The van der Waals surface area contributed by atoms with Gasteiger partial charge in [0.25, 0.3) is 5.91 Å². The molecule has 0 spiro atoms. The average molecular weight is 246 g/mol. The molecule has 1 atom stereocenters. The molecule has 0 aliphatic carbocycles. The molecule has 1 unspecified atom stereocenters. The number of hydrogen-bond donors (Lipinski definition) is 2. The van der Waals surface area contributed by atoms with Gasteiger partial charge in [0.1, 0.15) is 11.8 Å². The lowest BCUT2D eigenvalue weighted by Crippen LogP contribution is -2.29. The SMILES string of the molecule is NC(c1ccc2c(c1)NC(=O)CO2)C(F)(F)F. The maximum atomic E-state index is 12.4. The highest BCUT2D eigenvalue weighted by molar-refractivity contribution is 5.95. The number of alkyl halides is 3. The summed E-state index contributed by atoms with van der Waals surface area (Å²) in [7, 11) is 0. The smallest absolute Gasteiger partial charge is 0.407 e. The third kappa shape index (κ3) is 2.33. The summed E-state index contributed by atoms with van der Waals surface area (Å²) in [5.41, 5.74) is 5.15. The quantitative estimate of drug-likeness (QED) is 0.790. The topological polar surface area (TPSA) is 64.3 Å². The fraction of sp³-hybridized carbons (Fsp3) is 0.300. The lowest BCUT2D eigenvalue weighted by molar-refractivity contribution is -0.149. The molecule has 1 aromatic rings. The zero-order chi connectivity index (χ0) is 12.6. The van der Waals surface area contributed by atoms with Gasteiger partial charge in [-0.3, -0.25) is 4.79 Å². The summed E-state index contributed by atoms with van der Waals surface area (Å²) in [5, 5.41) is 2.42. The lowest BCUT2D eigenvalue weighted by Gasteiger charge is -2.21. The van der Waals surface area contributed by atoms with Gasteiger partial charge in [-0.2, -0.15) is 13.2 Å². The Morgan fingerprint density at radius 3 is 2.76 bits per heavy atom. The maximum absolute atomic E-state index is 12.4. The van der Waals surface area contributed by atoms with Crippen LogP contribution in [0.2, 0.25) is 0 Å². The van der Waals surface area contributed by atoms with Gasteiger partial charge in [-0.1, -0.05) is 6.07 Å². The number of rotatable bonds is 1. The molecule has 4 nitrogen and oxygen atoms in total. The first-order chi connectivity index (χ1) is 7.88. The maximum Gasteiger partial charge on any atom is 0.407 e. The van der Waals surface area contributed by atoms with Crippen LogP contribution < -0.4 is 15.8 Å². The van der Waals surface area contributed by atoms with Crippen LogP contribution >= 0.6 is 0 Å². The second-order valence-corrected chi connectivity index (χ2v) is 3.61. The van der Waals surface area contributed by atoms with E-state index in [2.05, 4.69) is 5.32 Å². The van der Waals surface area contributed by atoms with Crippen LogP contribution in [0.3, 0.4) is 0 Å². The third-order valence-corrected chi connectivity index (χ3v) is 2.35. The predicted molar refractivity (Wildman–Crippen MR) is 53.6 cm³/mol. The number of benzene rings is 1. The second kappa shape index (κ2) is 3.92. The lowest BCUT2D eigenvalue weighted by atomic mass is 10.1. The van der Waals surface area contributed by atoms with E-state index >= 15 is 0 Å². The minimum Gasteiger partial charge on any atom is -0.482 e. The fourth-order valence-electron chi connectivity index (χ4n) is 1.48. The van der Waals surface area contributed by atoms with Crippen molar-refractivity contribution in [2.45, 2.75) is 12.2 Å². The Morgan fingerprint density at radius 1 is 1.41 bits per heavy atom. The Bertz CT molecular complexity index is 459. The number of nitrogens with one attached hydrogen (secondary N) is 1. The molecule has 92 valence electrons. The number of anilines is 1. The van der Waals surface area contributed by atoms with Crippen LogP contribution in [0.5, 0.6) is 5.75 Å². The van der Waals surface area contributed by atoms with Crippen LogP contribution in [-0.2, 0) is 4.79 Å². The van der Waals surface area contributed by atoms with Crippen LogP contribution in [0.25, 0.3) is 0 Å². The molecule has 0 radical (unpaired) electrons. The Kier molecular flexibility index (Phi) is 2.70. The molecule has 1 amide bonds. The van der Waals surface area contributed by atoms with Gasteiger partial charge in [0.2, 0.25) is 0 Å². The minimum atomic E-state index is -4.52. The van der Waals surface area contributed by atoms with Crippen molar-refractivity contribution in [3.05, 3.63) is 23.8 Å². The van der Waals surface area contributed by atoms with E-state index in [0.717, 1.165) is 0 Å². The minimum absolute atomic E-state index is 0.123. The predicted octanol–water partition coefficient (Wildman–Crippen LogP) is 1.58. The molecule has 0 aromatic heterocycles. The van der Waals surface area contributed by atoms with Crippen molar-refractivity contribution in [3.8, 4) is 5.75 Å². The number of nitrogens with two attached hydrogens (primary N) is 1. The van der Waals surface area contributed by atoms with Gasteiger partial charge in [-0.05, 0) is 17.7 Å². The van der Waals surface area contributed by atoms with Gasteiger partial charge in [0, 0.05) is 0 Å². The van der Waals surface area contributed by atoms with Crippen LogP contribution in [0.4, 0.5) is 18.9 Å². The number of fused-ring (bicyclic) bond motifs is 1. The van der Waals surface area contributed by atoms with E-state index in [1.807, 2.05) is 0 Å². The van der Waals surface area contributed by atoms with E-state index in [9.17, 15) is 18.0 Å². The molecule has 3 N–H and O–H groups in total. The summed E-state index contributed by atoms with van der Waals surface area (Å²) in [4.78, 5) is 11.0. The van der Waals surface area contributed by atoms with Crippen molar-refractivity contribution >= 4 is 11.6 Å². The highest BCUT2D eigenvalue weighted by atomic mass is 19.4. The Labute approximate surface area is 94.5 Å². The van der Waals surface area contributed by atoms with Crippen molar-refractivity contribution in [1.29, 1.82) is 0 Å². The van der Waals surface area contributed by atoms with E-state index in [1.165, 1.54) is 18.2 Å². The van der Waals surface area contributed by atoms with Gasteiger partial charge in [0.05, 0.1) is 5.69 Å². The Morgan fingerprint density at radius 2 is 2.12 bits per heavy atom. The van der Waals surface area contributed by atoms with Crippen LogP contribution in [0, 0.1) is 0 Å². The van der Waals surface area contributed by atoms with Crippen LogP contribution in [-0.4, -0.2) is 18.7 Å². The standard InChI is InChI=1S/C10H9F3N2O2/c11-10(12,13)9(14)5-1-2-7-6(3-5)15-8(16)4-17-7/h1-3,9H,4,14H2,(H,15,16). The molecule has 17 heavy (non-hydrogen) atoms. The summed E-state index contributed by atoms with van der Waals surface area (Å²) in [5.74, 6) is -0.0713. The summed E-state index contributed by atoms with van der Waals surface area (Å²) >= 11 is 0. The van der Waals surface area contributed by atoms with Gasteiger partial charge in [-0.25, -0.2) is 0 Å². The molecule has 0 bridgehead atoms. The van der Waals surface area contributed by atoms with E-state index in [1.54, 1.807) is 0 Å². The van der Waals surface area contributed by atoms with Crippen molar-refractivity contribution in [1.82, 2.24) is 0 Å². The summed E-state index contributed by atoms with van der Waals surface area (Å²) in [6, 6.07) is 1.68.